The van der Waals surface area contributed by atoms with Gasteiger partial charge in [0.05, 0.1) is 30.7 Å². The molecule has 1 aliphatic heterocycles. The number of nitrogens with zero attached hydrogens (tertiary/aromatic N) is 2. The lowest BCUT2D eigenvalue weighted by Gasteiger charge is -2.33. The van der Waals surface area contributed by atoms with Crippen LogP contribution in [0.5, 0.6) is 5.75 Å². The molecule has 0 radical (unpaired) electrons. The highest BCUT2D eigenvalue weighted by molar-refractivity contribution is 7.92. The maximum Gasteiger partial charge on any atom is 0.339 e. The van der Waals surface area contributed by atoms with Gasteiger partial charge < -0.3 is 25.2 Å². The number of hydrogen-bond donors (Lipinski definition) is 4. The van der Waals surface area contributed by atoms with Crippen molar-refractivity contribution >= 4 is 27.5 Å². The molecule has 1 aromatic carbocycles. The predicted octanol–water partition coefficient (Wildman–Crippen LogP) is 1.48. The van der Waals surface area contributed by atoms with Crippen LogP contribution in [0.3, 0.4) is 0 Å². The number of rotatable bonds is 9. The molecule has 33 heavy (non-hydrogen) atoms. The van der Waals surface area contributed by atoms with Crippen molar-refractivity contribution in [2.24, 2.45) is 5.92 Å². The van der Waals surface area contributed by atoms with Crippen LogP contribution in [0.2, 0.25) is 0 Å². The molecule has 11 heteroatoms. The van der Waals surface area contributed by atoms with Crippen molar-refractivity contribution in [3.05, 3.63) is 47.7 Å². The van der Waals surface area contributed by atoms with E-state index in [9.17, 15) is 23.4 Å². The van der Waals surface area contributed by atoms with Crippen molar-refractivity contribution in [2.75, 3.05) is 49.2 Å². The van der Waals surface area contributed by atoms with Gasteiger partial charge in [0, 0.05) is 25.8 Å². The number of ether oxygens (including phenoxy) is 1. The van der Waals surface area contributed by atoms with Crippen molar-refractivity contribution in [1.29, 1.82) is 0 Å². The summed E-state index contributed by atoms with van der Waals surface area (Å²) in [6.07, 6.45) is 3.60. The Balaban J connectivity index is 1.45. The lowest BCUT2D eigenvalue weighted by Crippen LogP contribution is -2.38. The molecule has 0 saturated carbocycles. The summed E-state index contributed by atoms with van der Waals surface area (Å²) in [5.74, 6) is 0.669. The Bertz CT molecular complexity index is 1050. The zero-order chi connectivity index (χ0) is 24.0. The van der Waals surface area contributed by atoms with Gasteiger partial charge in [-0.15, -0.1) is 0 Å². The first-order valence-electron chi connectivity index (χ1n) is 10.6. The van der Waals surface area contributed by atoms with Crippen LogP contribution in [-0.4, -0.2) is 69.1 Å². The summed E-state index contributed by atoms with van der Waals surface area (Å²) in [4.78, 5) is 18.1. The molecule has 0 aliphatic carbocycles. The summed E-state index contributed by atoms with van der Waals surface area (Å²) in [7, 11) is -2.20. The lowest BCUT2D eigenvalue weighted by molar-refractivity contribution is 0.0600. The van der Waals surface area contributed by atoms with Crippen molar-refractivity contribution in [1.82, 2.24) is 10.3 Å². The van der Waals surface area contributed by atoms with E-state index in [-0.39, 0.29) is 11.4 Å². The second-order valence-electron chi connectivity index (χ2n) is 8.15. The van der Waals surface area contributed by atoms with E-state index in [4.69, 9.17) is 4.74 Å². The number of esters is 1. The van der Waals surface area contributed by atoms with Gasteiger partial charge in [0.15, 0.2) is 0 Å². The van der Waals surface area contributed by atoms with Gasteiger partial charge >= 0.3 is 5.97 Å². The van der Waals surface area contributed by atoms with Crippen LogP contribution in [0.15, 0.2) is 36.5 Å². The number of phenols is 1. The number of hydrogen-bond acceptors (Lipinski definition) is 9. The summed E-state index contributed by atoms with van der Waals surface area (Å²) >= 11 is 0. The number of piperidine rings is 1. The second kappa shape index (κ2) is 10.8. The van der Waals surface area contributed by atoms with Gasteiger partial charge in [-0.2, -0.15) is 0 Å². The van der Waals surface area contributed by atoms with Gasteiger partial charge in [0.25, 0.3) is 0 Å². The third-order valence-electron chi connectivity index (χ3n) is 5.58. The maximum atomic E-state index is 11.5. The van der Waals surface area contributed by atoms with Crippen LogP contribution in [0, 0.1) is 5.92 Å². The maximum absolute atomic E-state index is 11.5. The fourth-order valence-corrected chi connectivity index (χ4v) is 4.33. The molecule has 2 heterocycles. The number of aliphatic hydroxyl groups is 1. The molecule has 1 aliphatic rings. The fourth-order valence-electron chi connectivity index (χ4n) is 3.76. The molecule has 180 valence electrons. The average molecular weight is 479 g/mol. The van der Waals surface area contributed by atoms with E-state index in [1.165, 1.54) is 25.4 Å². The van der Waals surface area contributed by atoms with Crippen LogP contribution in [0.4, 0.5) is 11.5 Å². The van der Waals surface area contributed by atoms with Gasteiger partial charge in [0.1, 0.15) is 11.6 Å². The summed E-state index contributed by atoms with van der Waals surface area (Å²) in [6.45, 7) is 2.74. The zero-order valence-electron chi connectivity index (χ0n) is 18.7. The number of aliphatic hydroxyl groups excluding tert-OH is 1. The number of nitrogens with one attached hydrogen (secondary N) is 2. The van der Waals surface area contributed by atoms with E-state index in [2.05, 4.69) is 19.9 Å². The first-order valence-corrected chi connectivity index (χ1v) is 12.5. The van der Waals surface area contributed by atoms with E-state index in [0.29, 0.717) is 23.6 Å². The normalized spacial score (nSPS) is 15.8. The van der Waals surface area contributed by atoms with Gasteiger partial charge in [-0.3, -0.25) is 4.72 Å². The Morgan fingerprint density at radius 3 is 2.61 bits per heavy atom. The highest BCUT2D eigenvalue weighted by atomic mass is 32.2. The molecule has 1 aromatic heterocycles. The van der Waals surface area contributed by atoms with Crippen LogP contribution in [0.25, 0.3) is 0 Å². The standard InChI is InChI=1S/C22H30N4O6S/c1-32-22(29)17-4-6-21(24-13-17)26-9-7-15(8-10-26)12-23-14-20(28)16-3-5-19(27)18(11-16)25-33(2,30)31/h3-6,11,13,15,20,23,25,27-28H,7-10,12,14H2,1-2H3. The van der Waals surface area contributed by atoms with Gasteiger partial charge in [-0.05, 0) is 55.1 Å². The SMILES string of the molecule is COC(=O)c1ccc(N2CCC(CNCC(O)c3ccc(O)c(NS(C)(=O)=O)c3)CC2)nc1. The van der Waals surface area contributed by atoms with Crippen LogP contribution < -0.4 is 14.9 Å². The van der Waals surface area contributed by atoms with E-state index in [1.54, 1.807) is 12.1 Å². The number of aromatic hydroxyl groups is 1. The number of methoxy groups -OCH3 is 1. The van der Waals surface area contributed by atoms with E-state index >= 15 is 0 Å². The molecular weight excluding hydrogens is 448 g/mol. The largest absolute Gasteiger partial charge is 0.506 e. The van der Waals surface area contributed by atoms with E-state index in [1.807, 2.05) is 6.07 Å². The third kappa shape index (κ3) is 7.04. The summed E-state index contributed by atoms with van der Waals surface area (Å²) in [5.41, 5.74) is 0.962. The molecule has 4 N–H and O–H groups in total. The monoisotopic (exact) mass is 478 g/mol. The molecular formula is C22H30N4O6S. The first kappa shape index (κ1) is 24.7. The molecule has 0 bridgehead atoms. The Labute approximate surface area is 193 Å². The molecule has 10 nitrogen and oxygen atoms in total. The Kier molecular flexibility index (Phi) is 8.11. The number of sulfonamides is 1. The smallest absolute Gasteiger partial charge is 0.339 e. The molecule has 1 saturated heterocycles. The summed E-state index contributed by atoms with van der Waals surface area (Å²) in [5, 5.41) is 23.6. The number of pyridine rings is 1. The van der Waals surface area contributed by atoms with Crippen LogP contribution in [-0.2, 0) is 14.8 Å². The Hall–Kier alpha value is -2.89. The number of phenolic OH excluding ortho intramolecular Hbond substituents is 1. The lowest BCUT2D eigenvalue weighted by atomic mass is 9.96. The third-order valence-corrected chi connectivity index (χ3v) is 6.17. The van der Waals surface area contributed by atoms with Crippen molar-refractivity contribution in [2.45, 2.75) is 18.9 Å². The second-order valence-corrected chi connectivity index (χ2v) is 9.90. The Morgan fingerprint density at radius 2 is 2.00 bits per heavy atom. The number of anilines is 2. The predicted molar refractivity (Wildman–Crippen MR) is 125 cm³/mol. The highest BCUT2D eigenvalue weighted by Crippen LogP contribution is 2.28. The van der Waals surface area contributed by atoms with Gasteiger partial charge in [0.2, 0.25) is 10.0 Å². The molecule has 3 rings (SSSR count). The van der Waals surface area contributed by atoms with Crippen molar-refractivity contribution in [3.8, 4) is 5.75 Å². The van der Waals surface area contributed by atoms with E-state index in [0.717, 1.165) is 44.5 Å². The molecule has 1 unspecified atom stereocenters. The minimum Gasteiger partial charge on any atom is -0.506 e. The quantitative estimate of drug-likeness (QED) is 0.311. The zero-order valence-corrected chi connectivity index (χ0v) is 19.5. The molecule has 0 amide bonds. The van der Waals surface area contributed by atoms with Gasteiger partial charge in [-0.1, -0.05) is 6.07 Å². The highest BCUT2D eigenvalue weighted by Gasteiger charge is 2.21. The number of carbonyl (C=O) groups excluding carboxylic acids is 1. The molecule has 1 fully saturated rings. The first-order chi connectivity index (χ1) is 15.7. The van der Waals surface area contributed by atoms with Crippen LogP contribution in [0.1, 0.15) is 34.9 Å². The molecule has 2 aromatic rings. The van der Waals surface area contributed by atoms with E-state index < -0.39 is 22.1 Å². The van der Waals surface area contributed by atoms with Gasteiger partial charge in [-0.25, -0.2) is 18.2 Å². The fraction of sp³-hybridized carbons (Fsp3) is 0.455. The number of aromatic nitrogens is 1. The Morgan fingerprint density at radius 1 is 1.27 bits per heavy atom. The minimum absolute atomic E-state index is 0.0367. The molecule has 0 spiro atoms. The number of benzene rings is 1. The average Bonchev–Trinajstić information content (AvgIpc) is 2.79. The van der Waals surface area contributed by atoms with Crippen LogP contribution >= 0.6 is 0 Å². The minimum atomic E-state index is -3.54. The number of carbonyl (C=O) groups is 1. The summed E-state index contributed by atoms with van der Waals surface area (Å²) < 4.78 is 29.8. The molecule has 1 atom stereocenters. The van der Waals surface area contributed by atoms with Crippen molar-refractivity contribution in [3.63, 3.8) is 0 Å². The topological polar surface area (TPSA) is 141 Å². The summed E-state index contributed by atoms with van der Waals surface area (Å²) in [6, 6.07) is 7.88. The van der Waals surface area contributed by atoms with Crippen molar-refractivity contribution < 1.29 is 28.2 Å².